The number of ether oxygens (including phenoxy) is 1. The summed E-state index contributed by atoms with van der Waals surface area (Å²) >= 11 is 0. The van der Waals surface area contributed by atoms with Crippen LogP contribution in [0.5, 0.6) is 0 Å². The molecule has 1 amide bonds. The zero-order chi connectivity index (χ0) is 62.1. The smallest absolute Gasteiger partial charge is 0.306 e. The summed E-state index contributed by atoms with van der Waals surface area (Å²) in [6.45, 7) is 6.89. The Balaban J connectivity index is 4.92. The summed E-state index contributed by atoms with van der Waals surface area (Å²) < 4.78 is 30.5. The van der Waals surface area contributed by atoms with Crippen molar-refractivity contribution in [3.63, 3.8) is 0 Å². The highest BCUT2D eigenvalue weighted by atomic mass is 31.2. The molecular formula is C75H145N2O7P. The maximum Gasteiger partial charge on any atom is 0.306 e. The van der Waals surface area contributed by atoms with Crippen molar-refractivity contribution in [1.82, 2.24) is 5.32 Å². The summed E-state index contributed by atoms with van der Waals surface area (Å²) in [7, 11) is 1.20. The predicted molar refractivity (Wildman–Crippen MR) is 367 cm³/mol. The fourth-order valence-electron chi connectivity index (χ4n) is 11.3. The van der Waals surface area contributed by atoms with Gasteiger partial charge in [0.1, 0.15) is 19.3 Å². The minimum Gasteiger partial charge on any atom is -0.756 e. The van der Waals surface area contributed by atoms with E-state index in [4.69, 9.17) is 13.8 Å². The Morgan fingerprint density at radius 2 is 0.682 bits per heavy atom. The number of allylic oxidation sites excluding steroid dienone is 5. The molecule has 0 bridgehead atoms. The van der Waals surface area contributed by atoms with Crippen molar-refractivity contribution in [2.45, 2.75) is 392 Å². The highest BCUT2D eigenvalue weighted by Crippen LogP contribution is 2.38. The molecule has 0 aliphatic carbocycles. The summed E-state index contributed by atoms with van der Waals surface area (Å²) in [6.07, 6.45) is 81.4. The van der Waals surface area contributed by atoms with E-state index < -0.39 is 20.0 Å². The Kier molecular flexibility index (Phi) is 63.8. The number of phosphoric acid groups is 1. The van der Waals surface area contributed by atoms with E-state index in [1.165, 1.54) is 289 Å². The first kappa shape index (κ1) is 83.2. The van der Waals surface area contributed by atoms with E-state index in [1.807, 2.05) is 33.3 Å². The van der Waals surface area contributed by atoms with Gasteiger partial charge >= 0.3 is 5.97 Å². The van der Waals surface area contributed by atoms with Crippen LogP contribution in [0.4, 0.5) is 0 Å². The van der Waals surface area contributed by atoms with E-state index in [-0.39, 0.29) is 31.5 Å². The standard InChI is InChI=1S/C75H145N2O7P/c1-7-10-13-16-19-22-25-27-29-31-33-35-36-37-38-39-40-42-44-46-48-50-53-56-59-62-65-68-75(79)84-73(66-63-60-57-54-51-24-21-18-15-12-9-3)72(71-83-85(80,81)82-70-69-77(4,5)6)76-74(78)67-64-61-58-55-52-49-47-45-43-41-34-32-30-28-26-23-20-17-14-11-8-2/h27-30,63,66,72-73H,7-26,31-62,64-65,67-71H2,1-6H3,(H-,76,78,80,81)/b29-27+,30-28+,66-63-. The zero-order valence-electron chi connectivity index (χ0n) is 57.6. The van der Waals surface area contributed by atoms with Crippen LogP contribution in [0.15, 0.2) is 36.5 Å². The van der Waals surface area contributed by atoms with E-state index in [9.17, 15) is 19.0 Å². The first-order valence-corrected chi connectivity index (χ1v) is 38.8. The number of carbonyl (C=O) groups is 2. The second-order valence-electron chi connectivity index (χ2n) is 26.8. The fourth-order valence-corrected chi connectivity index (χ4v) is 12.0. The van der Waals surface area contributed by atoms with Crippen LogP contribution in [0, 0.1) is 0 Å². The van der Waals surface area contributed by atoms with Gasteiger partial charge in [0.05, 0.1) is 33.8 Å². The van der Waals surface area contributed by atoms with Crippen LogP contribution >= 0.6 is 7.82 Å². The molecule has 3 atom stereocenters. The second-order valence-corrected chi connectivity index (χ2v) is 28.2. The zero-order valence-corrected chi connectivity index (χ0v) is 58.5. The minimum absolute atomic E-state index is 0.0195. The van der Waals surface area contributed by atoms with E-state index in [1.54, 1.807) is 0 Å². The van der Waals surface area contributed by atoms with Gasteiger partial charge in [-0.05, 0) is 83.1 Å². The molecule has 0 aromatic heterocycles. The maximum absolute atomic E-state index is 13.6. The van der Waals surface area contributed by atoms with E-state index in [2.05, 4.69) is 50.4 Å². The van der Waals surface area contributed by atoms with Gasteiger partial charge in [0, 0.05) is 12.8 Å². The molecule has 0 aromatic carbocycles. The number of unbranched alkanes of at least 4 members (excludes halogenated alkanes) is 49. The third kappa shape index (κ3) is 66.5. The van der Waals surface area contributed by atoms with Crippen molar-refractivity contribution in [1.29, 1.82) is 0 Å². The number of quaternary nitrogens is 1. The molecular weight excluding hydrogens is 1070 g/mol. The summed E-state index contributed by atoms with van der Waals surface area (Å²) in [4.78, 5) is 40.2. The van der Waals surface area contributed by atoms with Crippen molar-refractivity contribution in [3.8, 4) is 0 Å². The molecule has 0 saturated carbocycles. The first-order valence-electron chi connectivity index (χ1n) is 37.3. The lowest BCUT2D eigenvalue weighted by atomic mass is 10.0. The van der Waals surface area contributed by atoms with Gasteiger partial charge in [-0.3, -0.25) is 14.2 Å². The molecule has 0 aromatic rings. The van der Waals surface area contributed by atoms with Crippen molar-refractivity contribution in [2.24, 2.45) is 0 Å². The number of amides is 1. The number of hydrogen-bond acceptors (Lipinski definition) is 7. The van der Waals surface area contributed by atoms with E-state index in [0.717, 1.165) is 57.8 Å². The lowest BCUT2D eigenvalue weighted by Crippen LogP contribution is -2.47. The van der Waals surface area contributed by atoms with Gasteiger partial charge in [-0.2, -0.15) is 0 Å². The molecule has 0 rings (SSSR count). The Labute approximate surface area is 529 Å². The molecule has 0 fully saturated rings. The van der Waals surface area contributed by atoms with Gasteiger partial charge in [-0.1, -0.05) is 321 Å². The summed E-state index contributed by atoms with van der Waals surface area (Å²) in [5.41, 5.74) is 0. The Morgan fingerprint density at radius 1 is 0.400 bits per heavy atom. The van der Waals surface area contributed by atoms with Crippen molar-refractivity contribution in [2.75, 3.05) is 40.9 Å². The SMILES string of the molecule is CCCCCCCC/C=C/CCCCCCCCCCCCCCCCCCCC(=O)OC(/C=C\CCCCCCCCCCC)C(COP(=O)([O-])OCC[N+](C)(C)C)NC(=O)CCCCCCCCCCCCC/C=C/CCCCCCCC. The average molecular weight is 1220 g/mol. The normalized spacial score (nSPS) is 13.6. The van der Waals surface area contributed by atoms with Crippen molar-refractivity contribution < 1.29 is 37.3 Å². The molecule has 0 radical (unpaired) electrons. The highest BCUT2D eigenvalue weighted by Gasteiger charge is 2.27. The predicted octanol–water partition coefficient (Wildman–Crippen LogP) is 23.2. The van der Waals surface area contributed by atoms with Crippen molar-refractivity contribution in [3.05, 3.63) is 36.5 Å². The summed E-state index contributed by atoms with van der Waals surface area (Å²) in [5, 5.41) is 3.05. The largest absolute Gasteiger partial charge is 0.756 e. The quantitative estimate of drug-likeness (QED) is 0.0212. The third-order valence-corrected chi connectivity index (χ3v) is 18.0. The highest BCUT2D eigenvalue weighted by molar-refractivity contribution is 7.45. The number of rotatable bonds is 69. The number of nitrogens with one attached hydrogen (secondary N) is 1. The van der Waals surface area contributed by atoms with Crippen LogP contribution < -0.4 is 10.2 Å². The van der Waals surface area contributed by atoms with Gasteiger partial charge in [0.15, 0.2) is 0 Å². The van der Waals surface area contributed by atoms with Crippen LogP contribution in [0.2, 0.25) is 0 Å². The number of likely N-dealkylation sites (N-methyl/N-ethyl adjacent to an activating group) is 1. The van der Waals surface area contributed by atoms with Crippen molar-refractivity contribution >= 4 is 19.7 Å². The van der Waals surface area contributed by atoms with Crippen LogP contribution in [0.3, 0.4) is 0 Å². The molecule has 3 unspecified atom stereocenters. The monoisotopic (exact) mass is 1220 g/mol. The molecule has 0 aliphatic heterocycles. The number of phosphoric ester groups is 1. The van der Waals surface area contributed by atoms with Gasteiger partial charge in [-0.15, -0.1) is 0 Å². The third-order valence-electron chi connectivity index (χ3n) is 17.0. The molecule has 0 saturated heterocycles. The topological polar surface area (TPSA) is 114 Å². The number of hydrogen-bond donors (Lipinski definition) is 1. The molecule has 502 valence electrons. The average Bonchev–Trinajstić information content (AvgIpc) is 3.59. The minimum atomic E-state index is -4.70. The lowest BCUT2D eigenvalue weighted by Gasteiger charge is -2.30. The number of esters is 1. The van der Waals surface area contributed by atoms with Crippen LogP contribution in [-0.4, -0.2) is 69.4 Å². The Morgan fingerprint density at radius 3 is 1.00 bits per heavy atom. The molecule has 10 heteroatoms. The Bertz CT molecular complexity index is 1550. The van der Waals surface area contributed by atoms with E-state index >= 15 is 0 Å². The first-order chi connectivity index (χ1) is 41.4. The van der Waals surface area contributed by atoms with Gasteiger partial charge in [-0.25, -0.2) is 0 Å². The van der Waals surface area contributed by atoms with E-state index in [0.29, 0.717) is 17.4 Å². The van der Waals surface area contributed by atoms with Crippen LogP contribution in [-0.2, 0) is 27.9 Å². The lowest BCUT2D eigenvalue weighted by molar-refractivity contribution is -0.870. The van der Waals surface area contributed by atoms with Gasteiger partial charge in [0.25, 0.3) is 7.82 Å². The molecule has 1 N–H and O–H groups in total. The summed E-state index contributed by atoms with van der Waals surface area (Å²) in [6, 6.07) is -0.886. The van der Waals surface area contributed by atoms with Crippen LogP contribution in [0.25, 0.3) is 0 Å². The molecule has 0 heterocycles. The molecule has 9 nitrogen and oxygen atoms in total. The van der Waals surface area contributed by atoms with Gasteiger partial charge in [0.2, 0.25) is 5.91 Å². The molecule has 85 heavy (non-hydrogen) atoms. The maximum atomic E-state index is 13.6. The Hall–Kier alpha value is -1.77. The molecule has 0 spiro atoms. The number of nitrogens with zero attached hydrogens (tertiary/aromatic N) is 1. The summed E-state index contributed by atoms with van der Waals surface area (Å²) in [5.74, 6) is -0.522. The molecule has 0 aliphatic rings. The number of carbonyl (C=O) groups excluding carboxylic acids is 2. The van der Waals surface area contributed by atoms with Gasteiger partial charge < -0.3 is 28.5 Å². The second kappa shape index (κ2) is 65.2. The fraction of sp³-hybridized carbons (Fsp3) is 0.893. The van der Waals surface area contributed by atoms with Crippen LogP contribution in [0.1, 0.15) is 380 Å².